The Bertz CT molecular complexity index is 904. The maximum absolute atomic E-state index is 12.5. The second-order valence-corrected chi connectivity index (χ2v) is 9.04. The van der Waals surface area contributed by atoms with E-state index in [1.807, 2.05) is 46.8 Å². The monoisotopic (exact) mass is 421 g/mol. The van der Waals surface area contributed by atoms with Crippen LogP contribution in [-0.4, -0.2) is 35.5 Å². The van der Waals surface area contributed by atoms with E-state index in [-0.39, 0.29) is 5.91 Å². The SMILES string of the molecule is O=C(Nc1ccc(N2CCSCC2)c(Cl)c1)c1csc(-c2ccsc2)n1. The zero-order chi connectivity index (χ0) is 17.9. The summed E-state index contributed by atoms with van der Waals surface area (Å²) in [7, 11) is 0. The van der Waals surface area contributed by atoms with Gasteiger partial charge < -0.3 is 10.2 Å². The minimum absolute atomic E-state index is 0.221. The lowest BCUT2D eigenvalue weighted by molar-refractivity contribution is 0.102. The summed E-state index contributed by atoms with van der Waals surface area (Å²) in [4.78, 5) is 19.2. The summed E-state index contributed by atoms with van der Waals surface area (Å²) in [6, 6.07) is 7.68. The maximum atomic E-state index is 12.5. The van der Waals surface area contributed by atoms with Gasteiger partial charge in [0.15, 0.2) is 0 Å². The first-order valence-electron chi connectivity index (χ1n) is 8.12. The van der Waals surface area contributed by atoms with Crippen molar-refractivity contribution in [2.75, 3.05) is 34.8 Å². The van der Waals surface area contributed by atoms with E-state index >= 15 is 0 Å². The number of hydrogen-bond acceptors (Lipinski definition) is 6. The Morgan fingerprint density at radius 2 is 2.04 bits per heavy atom. The number of anilines is 2. The molecular formula is C18H16ClN3OS3. The van der Waals surface area contributed by atoms with Gasteiger partial charge in [-0.15, -0.1) is 11.3 Å². The van der Waals surface area contributed by atoms with Gasteiger partial charge in [0.2, 0.25) is 0 Å². The Kier molecular flexibility index (Phi) is 5.49. The van der Waals surface area contributed by atoms with Gasteiger partial charge in [0, 0.05) is 46.6 Å². The van der Waals surface area contributed by atoms with Crippen molar-refractivity contribution < 1.29 is 4.79 Å². The first kappa shape index (κ1) is 17.9. The smallest absolute Gasteiger partial charge is 0.275 e. The fourth-order valence-electron chi connectivity index (χ4n) is 2.74. The highest BCUT2D eigenvalue weighted by Crippen LogP contribution is 2.31. The van der Waals surface area contributed by atoms with Crippen molar-refractivity contribution in [3.05, 3.63) is 51.1 Å². The summed E-state index contributed by atoms with van der Waals surface area (Å²) in [5.41, 5.74) is 3.18. The maximum Gasteiger partial charge on any atom is 0.275 e. The van der Waals surface area contributed by atoms with Crippen LogP contribution in [0.3, 0.4) is 0 Å². The molecule has 1 N–H and O–H groups in total. The van der Waals surface area contributed by atoms with Crippen LogP contribution in [0.4, 0.5) is 11.4 Å². The largest absolute Gasteiger partial charge is 0.369 e. The molecule has 1 fully saturated rings. The third-order valence-electron chi connectivity index (χ3n) is 4.06. The van der Waals surface area contributed by atoms with Gasteiger partial charge in [-0.25, -0.2) is 4.98 Å². The summed E-state index contributed by atoms with van der Waals surface area (Å²) < 4.78 is 0. The van der Waals surface area contributed by atoms with Crippen molar-refractivity contribution in [2.45, 2.75) is 0 Å². The van der Waals surface area contributed by atoms with E-state index in [0.29, 0.717) is 16.4 Å². The molecule has 134 valence electrons. The van der Waals surface area contributed by atoms with Crippen LogP contribution in [0.25, 0.3) is 10.6 Å². The Hall–Kier alpha value is -1.54. The molecule has 0 aliphatic carbocycles. The van der Waals surface area contributed by atoms with Gasteiger partial charge in [0.25, 0.3) is 5.91 Å². The summed E-state index contributed by atoms with van der Waals surface area (Å²) in [6.07, 6.45) is 0. The molecule has 0 spiro atoms. The number of nitrogens with one attached hydrogen (secondary N) is 1. The van der Waals surface area contributed by atoms with E-state index in [1.54, 1.807) is 16.7 Å². The predicted molar refractivity (Wildman–Crippen MR) is 114 cm³/mol. The molecule has 1 saturated heterocycles. The number of thiazole rings is 1. The highest BCUT2D eigenvalue weighted by molar-refractivity contribution is 7.99. The van der Waals surface area contributed by atoms with Gasteiger partial charge in [-0.05, 0) is 29.6 Å². The van der Waals surface area contributed by atoms with Gasteiger partial charge in [-0.1, -0.05) is 11.6 Å². The van der Waals surface area contributed by atoms with Crippen LogP contribution in [-0.2, 0) is 0 Å². The first-order chi connectivity index (χ1) is 12.7. The quantitative estimate of drug-likeness (QED) is 0.618. The van der Waals surface area contributed by atoms with Gasteiger partial charge in [-0.3, -0.25) is 4.79 Å². The lowest BCUT2D eigenvalue weighted by Crippen LogP contribution is -2.32. The van der Waals surface area contributed by atoms with Crippen molar-refractivity contribution in [3.8, 4) is 10.6 Å². The molecule has 0 atom stereocenters. The van der Waals surface area contributed by atoms with Crippen molar-refractivity contribution in [3.63, 3.8) is 0 Å². The van der Waals surface area contributed by atoms with Crippen LogP contribution in [0, 0.1) is 0 Å². The third-order valence-corrected chi connectivity index (χ3v) is 6.88. The molecule has 8 heteroatoms. The highest BCUT2D eigenvalue weighted by atomic mass is 35.5. The van der Waals surface area contributed by atoms with Crippen molar-refractivity contribution >= 4 is 63.3 Å². The molecule has 2 aromatic heterocycles. The van der Waals surface area contributed by atoms with Crippen molar-refractivity contribution in [2.24, 2.45) is 0 Å². The number of benzene rings is 1. The van der Waals surface area contributed by atoms with Crippen LogP contribution >= 0.6 is 46.0 Å². The Morgan fingerprint density at radius 3 is 2.77 bits per heavy atom. The average molecular weight is 422 g/mol. The first-order valence-corrected chi connectivity index (χ1v) is 11.5. The summed E-state index contributed by atoms with van der Waals surface area (Å²) in [5.74, 6) is 2.01. The molecule has 1 aliphatic rings. The molecule has 0 radical (unpaired) electrons. The number of carbonyl (C=O) groups is 1. The van der Waals surface area contributed by atoms with Crippen LogP contribution in [0.15, 0.2) is 40.4 Å². The topological polar surface area (TPSA) is 45.2 Å². The minimum atomic E-state index is -0.221. The molecular weight excluding hydrogens is 406 g/mol. The molecule has 0 saturated carbocycles. The Balaban J connectivity index is 1.47. The fourth-order valence-corrected chi connectivity index (χ4v) is 5.45. The minimum Gasteiger partial charge on any atom is -0.369 e. The van der Waals surface area contributed by atoms with Crippen LogP contribution < -0.4 is 10.2 Å². The van der Waals surface area contributed by atoms with Gasteiger partial charge in [0.05, 0.1) is 10.7 Å². The molecule has 1 aromatic carbocycles. The molecule has 4 nitrogen and oxygen atoms in total. The lowest BCUT2D eigenvalue weighted by atomic mass is 10.2. The van der Waals surface area contributed by atoms with E-state index in [9.17, 15) is 4.79 Å². The average Bonchev–Trinajstić information content (AvgIpc) is 3.34. The van der Waals surface area contributed by atoms with Crippen LogP contribution in [0.2, 0.25) is 5.02 Å². The highest BCUT2D eigenvalue weighted by Gasteiger charge is 2.16. The summed E-state index contributed by atoms with van der Waals surface area (Å²) in [5, 5.41) is 10.2. The molecule has 26 heavy (non-hydrogen) atoms. The molecule has 0 unspecified atom stereocenters. The number of hydrogen-bond donors (Lipinski definition) is 1. The number of halogens is 1. The van der Waals surface area contributed by atoms with Gasteiger partial charge >= 0.3 is 0 Å². The fraction of sp³-hybridized carbons (Fsp3) is 0.222. The Labute approximate surface area is 169 Å². The lowest BCUT2D eigenvalue weighted by Gasteiger charge is -2.29. The number of nitrogens with zero attached hydrogens (tertiary/aromatic N) is 2. The summed E-state index contributed by atoms with van der Waals surface area (Å²) >= 11 is 11.5. The van der Waals surface area contributed by atoms with E-state index in [4.69, 9.17) is 11.6 Å². The van der Waals surface area contributed by atoms with Gasteiger partial charge in [-0.2, -0.15) is 23.1 Å². The summed E-state index contributed by atoms with van der Waals surface area (Å²) in [6.45, 7) is 2.00. The number of thiophene rings is 1. The number of carbonyl (C=O) groups excluding carboxylic acids is 1. The van der Waals surface area contributed by atoms with Crippen molar-refractivity contribution in [1.82, 2.24) is 4.98 Å². The zero-order valence-corrected chi connectivity index (χ0v) is 17.0. The number of amides is 1. The molecule has 0 bridgehead atoms. The number of rotatable bonds is 4. The van der Waals surface area contributed by atoms with E-state index in [1.165, 1.54) is 11.3 Å². The molecule has 3 aromatic rings. The second-order valence-electron chi connectivity index (χ2n) is 5.77. The molecule has 1 aliphatic heterocycles. The van der Waals surface area contributed by atoms with E-state index in [2.05, 4.69) is 15.2 Å². The third kappa shape index (κ3) is 3.91. The Morgan fingerprint density at radius 1 is 1.19 bits per heavy atom. The zero-order valence-electron chi connectivity index (χ0n) is 13.8. The van der Waals surface area contributed by atoms with Crippen LogP contribution in [0.1, 0.15) is 10.5 Å². The van der Waals surface area contributed by atoms with E-state index in [0.717, 1.165) is 40.9 Å². The van der Waals surface area contributed by atoms with Gasteiger partial charge in [0.1, 0.15) is 10.7 Å². The van der Waals surface area contributed by atoms with Crippen LogP contribution in [0.5, 0.6) is 0 Å². The molecule has 1 amide bonds. The number of aromatic nitrogens is 1. The second kappa shape index (κ2) is 8.00. The molecule has 4 rings (SSSR count). The molecule has 3 heterocycles. The normalized spacial score (nSPS) is 14.4. The number of thioether (sulfide) groups is 1. The predicted octanol–water partition coefficient (Wildman–Crippen LogP) is 5.33. The van der Waals surface area contributed by atoms with Crippen molar-refractivity contribution in [1.29, 1.82) is 0 Å². The van der Waals surface area contributed by atoms with E-state index < -0.39 is 0 Å². The standard InChI is InChI=1S/C18H16ClN3OS3/c19-14-9-13(1-2-16(14)22-4-7-24-8-5-22)20-17(23)15-11-26-18(21-15)12-3-6-25-10-12/h1-3,6,9-11H,4-5,7-8H2,(H,20,23).